The highest BCUT2D eigenvalue weighted by molar-refractivity contribution is 14.0. The fraction of sp³-hybridized carbons (Fsp3) is 0.435. The maximum Gasteiger partial charge on any atom is 0.191 e. The van der Waals surface area contributed by atoms with E-state index in [1.54, 1.807) is 7.11 Å². The average molecular weight is 524 g/mol. The molecule has 0 atom stereocenters. The zero-order valence-electron chi connectivity index (χ0n) is 17.9. The van der Waals surface area contributed by atoms with Crippen molar-refractivity contribution in [1.29, 1.82) is 0 Å². The molecule has 3 rings (SSSR count). The number of methoxy groups -OCH3 is 1. The summed E-state index contributed by atoms with van der Waals surface area (Å²) in [5.74, 6) is 1.89. The van der Waals surface area contributed by atoms with Crippen LogP contribution in [0.3, 0.4) is 0 Å². The lowest BCUT2D eigenvalue weighted by molar-refractivity contribution is 0.211. The number of anilines is 1. The van der Waals surface area contributed by atoms with Crippen LogP contribution >= 0.6 is 24.0 Å². The molecular weight excluding hydrogens is 491 g/mol. The molecule has 0 amide bonds. The van der Waals surface area contributed by atoms with Gasteiger partial charge in [-0.05, 0) is 48.2 Å². The summed E-state index contributed by atoms with van der Waals surface area (Å²) in [4.78, 5) is 4.71. The standard InChI is InChI=1S/C23H32N4O2.HI/c1-3-24-23(26-12-10-18-6-9-22-20(16-18)11-14-29-22)27-17-19-4-7-21(8-5-19)25-13-15-28-2;/h4-9,16,25H,3,10-15,17H2,1-2H3,(H2,24,26,27);1H. The monoisotopic (exact) mass is 524 g/mol. The van der Waals surface area contributed by atoms with Gasteiger partial charge in [0, 0.05) is 38.9 Å². The molecule has 2 aromatic rings. The van der Waals surface area contributed by atoms with Gasteiger partial charge in [-0.3, -0.25) is 0 Å². The Hall–Kier alpha value is -2.00. The van der Waals surface area contributed by atoms with Crippen molar-refractivity contribution in [3.63, 3.8) is 0 Å². The number of hydrogen-bond acceptors (Lipinski definition) is 4. The Morgan fingerprint density at radius 1 is 1.07 bits per heavy atom. The first kappa shape index (κ1) is 24.3. The van der Waals surface area contributed by atoms with Crippen molar-refractivity contribution in [3.05, 3.63) is 59.2 Å². The quantitative estimate of drug-likeness (QED) is 0.192. The van der Waals surface area contributed by atoms with E-state index in [0.717, 1.165) is 56.5 Å². The normalized spacial score (nSPS) is 12.5. The fourth-order valence-corrected chi connectivity index (χ4v) is 3.26. The first-order chi connectivity index (χ1) is 14.3. The number of nitrogens with one attached hydrogen (secondary N) is 3. The van der Waals surface area contributed by atoms with E-state index >= 15 is 0 Å². The van der Waals surface area contributed by atoms with Gasteiger partial charge in [0.05, 0.1) is 19.8 Å². The molecule has 0 radical (unpaired) electrons. The highest BCUT2D eigenvalue weighted by Crippen LogP contribution is 2.25. The maximum atomic E-state index is 5.58. The van der Waals surface area contributed by atoms with E-state index in [0.29, 0.717) is 13.2 Å². The van der Waals surface area contributed by atoms with Crippen LogP contribution in [0.1, 0.15) is 23.6 Å². The van der Waals surface area contributed by atoms with Gasteiger partial charge in [0.15, 0.2) is 5.96 Å². The smallest absolute Gasteiger partial charge is 0.191 e. The second kappa shape index (κ2) is 13.3. The minimum Gasteiger partial charge on any atom is -0.493 e. The number of hydrogen-bond donors (Lipinski definition) is 3. The molecule has 2 aromatic carbocycles. The largest absolute Gasteiger partial charge is 0.493 e. The van der Waals surface area contributed by atoms with Crippen LogP contribution in [-0.2, 0) is 24.1 Å². The van der Waals surface area contributed by atoms with Gasteiger partial charge >= 0.3 is 0 Å². The van der Waals surface area contributed by atoms with Crippen LogP contribution in [0.5, 0.6) is 5.75 Å². The van der Waals surface area contributed by atoms with E-state index in [1.165, 1.54) is 16.7 Å². The Morgan fingerprint density at radius 2 is 1.87 bits per heavy atom. The molecule has 0 saturated heterocycles. The number of ether oxygens (including phenoxy) is 2. The molecule has 0 bridgehead atoms. The minimum absolute atomic E-state index is 0. The molecule has 1 aliphatic heterocycles. The SMILES string of the molecule is CCNC(=NCc1ccc(NCCOC)cc1)NCCc1ccc2c(c1)CCO2.I. The summed E-state index contributed by atoms with van der Waals surface area (Å²) in [7, 11) is 1.71. The molecule has 1 heterocycles. The van der Waals surface area contributed by atoms with E-state index in [4.69, 9.17) is 14.5 Å². The van der Waals surface area contributed by atoms with Gasteiger partial charge in [-0.2, -0.15) is 0 Å². The molecule has 6 nitrogen and oxygen atoms in total. The van der Waals surface area contributed by atoms with Crippen LogP contribution in [-0.4, -0.2) is 45.9 Å². The summed E-state index contributed by atoms with van der Waals surface area (Å²) >= 11 is 0. The van der Waals surface area contributed by atoms with Gasteiger partial charge in [0.1, 0.15) is 5.75 Å². The van der Waals surface area contributed by atoms with Crippen molar-refractivity contribution in [1.82, 2.24) is 10.6 Å². The second-order valence-electron chi connectivity index (χ2n) is 7.03. The van der Waals surface area contributed by atoms with Gasteiger partial charge < -0.3 is 25.4 Å². The Labute approximate surface area is 196 Å². The van der Waals surface area contributed by atoms with Crippen LogP contribution in [0.4, 0.5) is 5.69 Å². The summed E-state index contributed by atoms with van der Waals surface area (Å²) in [6, 6.07) is 14.9. The van der Waals surface area contributed by atoms with E-state index in [9.17, 15) is 0 Å². The van der Waals surface area contributed by atoms with Gasteiger partial charge in [0.2, 0.25) is 0 Å². The van der Waals surface area contributed by atoms with Crippen LogP contribution in [0.15, 0.2) is 47.5 Å². The first-order valence-electron chi connectivity index (χ1n) is 10.4. The van der Waals surface area contributed by atoms with Gasteiger partial charge in [-0.1, -0.05) is 24.3 Å². The molecule has 0 fully saturated rings. The van der Waals surface area contributed by atoms with Crippen LogP contribution < -0.4 is 20.7 Å². The third-order valence-corrected chi connectivity index (χ3v) is 4.81. The number of fused-ring (bicyclic) bond motifs is 1. The molecule has 30 heavy (non-hydrogen) atoms. The molecule has 0 aromatic heterocycles. The molecule has 164 valence electrons. The van der Waals surface area contributed by atoms with E-state index in [1.807, 2.05) is 0 Å². The molecule has 3 N–H and O–H groups in total. The highest BCUT2D eigenvalue weighted by Gasteiger charge is 2.11. The van der Waals surface area contributed by atoms with E-state index in [-0.39, 0.29) is 24.0 Å². The number of aliphatic imine (C=N–C) groups is 1. The van der Waals surface area contributed by atoms with Crippen LogP contribution in [0.2, 0.25) is 0 Å². The molecule has 0 saturated carbocycles. The predicted molar refractivity (Wildman–Crippen MR) is 134 cm³/mol. The molecular formula is C23H33IN4O2. The summed E-state index contributed by atoms with van der Waals surface area (Å²) in [6.07, 6.45) is 1.97. The van der Waals surface area contributed by atoms with Crippen LogP contribution in [0.25, 0.3) is 0 Å². The van der Waals surface area contributed by atoms with E-state index < -0.39 is 0 Å². The van der Waals surface area contributed by atoms with Crippen molar-refractivity contribution in [2.75, 3.05) is 45.3 Å². The van der Waals surface area contributed by atoms with Crippen molar-refractivity contribution in [3.8, 4) is 5.75 Å². The number of guanidine groups is 1. The van der Waals surface area contributed by atoms with E-state index in [2.05, 4.69) is 65.3 Å². The lowest BCUT2D eigenvalue weighted by Crippen LogP contribution is -2.38. The van der Waals surface area contributed by atoms with Gasteiger partial charge in [0.25, 0.3) is 0 Å². The first-order valence-corrected chi connectivity index (χ1v) is 10.4. The number of nitrogens with zero attached hydrogens (tertiary/aromatic N) is 1. The third kappa shape index (κ3) is 7.68. The summed E-state index contributed by atoms with van der Waals surface area (Å²) in [5.41, 5.74) is 4.93. The van der Waals surface area contributed by atoms with Crippen molar-refractivity contribution in [2.45, 2.75) is 26.3 Å². The number of benzene rings is 2. The predicted octanol–water partition coefficient (Wildman–Crippen LogP) is 3.60. The van der Waals surface area contributed by atoms with Gasteiger partial charge in [-0.25, -0.2) is 4.99 Å². The molecule has 0 aliphatic carbocycles. The number of rotatable bonds is 10. The fourth-order valence-electron chi connectivity index (χ4n) is 3.26. The Balaban J connectivity index is 0.00000320. The third-order valence-electron chi connectivity index (χ3n) is 4.81. The minimum atomic E-state index is 0. The Kier molecular flexibility index (Phi) is 10.8. The van der Waals surface area contributed by atoms with Crippen molar-refractivity contribution in [2.24, 2.45) is 4.99 Å². The van der Waals surface area contributed by atoms with Gasteiger partial charge in [-0.15, -0.1) is 24.0 Å². The Bertz CT molecular complexity index is 796. The van der Waals surface area contributed by atoms with Crippen LogP contribution in [0, 0.1) is 0 Å². The molecule has 1 aliphatic rings. The molecule has 0 unspecified atom stereocenters. The molecule has 7 heteroatoms. The average Bonchev–Trinajstić information content (AvgIpc) is 3.21. The van der Waals surface area contributed by atoms with Crippen molar-refractivity contribution >= 4 is 35.6 Å². The second-order valence-corrected chi connectivity index (χ2v) is 7.03. The lowest BCUT2D eigenvalue weighted by Gasteiger charge is -2.12. The number of halogens is 1. The Morgan fingerprint density at radius 3 is 2.63 bits per heavy atom. The molecule has 0 spiro atoms. The summed E-state index contributed by atoms with van der Waals surface area (Å²) < 4.78 is 10.6. The zero-order chi connectivity index (χ0) is 20.3. The maximum absolute atomic E-state index is 5.58. The lowest BCUT2D eigenvalue weighted by atomic mass is 10.1. The zero-order valence-corrected chi connectivity index (χ0v) is 20.2. The summed E-state index contributed by atoms with van der Waals surface area (Å²) in [5, 5.41) is 10.1. The van der Waals surface area contributed by atoms with Crippen molar-refractivity contribution < 1.29 is 9.47 Å². The highest BCUT2D eigenvalue weighted by atomic mass is 127. The topological polar surface area (TPSA) is 66.9 Å². The summed E-state index contributed by atoms with van der Waals surface area (Å²) in [6.45, 7) is 6.71.